The number of nitrogens with two attached hydrogens (primary N) is 1. The van der Waals surface area contributed by atoms with Crippen LogP contribution in [0.25, 0.3) is 0 Å². The fraction of sp³-hybridized carbons (Fsp3) is 0.222. The molecule has 6 heteroatoms. The van der Waals surface area contributed by atoms with E-state index in [4.69, 9.17) is 10.5 Å². The zero-order valence-corrected chi connectivity index (χ0v) is 8.56. The third-order valence-electron chi connectivity index (χ3n) is 1.50. The Hall–Kier alpha value is -1.43. The fourth-order valence-corrected chi connectivity index (χ4v) is 1.05. The van der Waals surface area contributed by atoms with Crippen LogP contribution in [0.1, 0.15) is 0 Å². The topological polar surface area (TPSA) is 47.3 Å². The van der Waals surface area contributed by atoms with Crippen LogP contribution >= 0.6 is 12.2 Å². The number of alkyl halides is 2. The van der Waals surface area contributed by atoms with Crippen molar-refractivity contribution in [1.82, 2.24) is 0 Å². The molecule has 3 nitrogen and oxygen atoms in total. The molecular formula is C9H10F2N2OS. The highest BCUT2D eigenvalue weighted by Gasteiger charge is 2.03. The summed E-state index contributed by atoms with van der Waals surface area (Å²) in [5.41, 5.74) is 5.94. The number of thiocarbonyl (C=S) groups is 1. The van der Waals surface area contributed by atoms with Crippen LogP contribution in [0.3, 0.4) is 0 Å². The summed E-state index contributed by atoms with van der Waals surface area (Å²) in [5, 5.41) is 2.85. The molecule has 15 heavy (non-hydrogen) atoms. The van der Waals surface area contributed by atoms with E-state index in [-0.39, 0.29) is 5.11 Å². The summed E-state index contributed by atoms with van der Waals surface area (Å²) >= 11 is 4.63. The Bertz CT molecular complexity index is 329. The Morgan fingerprint density at radius 3 is 2.47 bits per heavy atom. The first-order valence-electron chi connectivity index (χ1n) is 4.15. The molecule has 0 unspecified atom stereocenters. The van der Waals surface area contributed by atoms with Crippen molar-refractivity contribution in [3.63, 3.8) is 0 Å². The zero-order valence-electron chi connectivity index (χ0n) is 7.74. The van der Waals surface area contributed by atoms with Crippen LogP contribution in [0.15, 0.2) is 24.3 Å². The van der Waals surface area contributed by atoms with Gasteiger partial charge in [0.2, 0.25) is 0 Å². The van der Waals surface area contributed by atoms with Gasteiger partial charge in [-0.1, -0.05) is 0 Å². The van der Waals surface area contributed by atoms with Gasteiger partial charge in [0.25, 0.3) is 6.43 Å². The first kappa shape index (κ1) is 11.6. The molecule has 3 N–H and O–H groups in total. The minimum atomic E-state index is -2.47. The third-order valence-corrected chi connectivity index (χ3v) is 1.60. The highest BCUT2D eigenvalue weighted by molar-refractivity contribution is 7.80. The first-order chi connectivity index (χ1) is 7.08. The monoisotopic (exact) mass is 232 g/mol. The average Bonchev–Trinajstić information content (AvgIpc) is 2.16. The molecule has 0 saturated heterocycles. The van der Waals surface area contributed by atoms with E-state index in [1.165, 1.54) is 0 Å². The molecule has 0 saturated carbocycles. The van der Waals surface area contributed by atoms with Gasteiger partial charge in [-0.05, 0) is 36.5 Å². The van der Waals surface area contributed by atoms with Gasteiger partial charge in [0.15, 0.2) is 5.11 Å². The molecule has 1 aromatic carbocycles. The number of rotatable bonds is 4. The van der Waals surface area contributed by atoms with E-state index in [0.717, 1.165) is 0 Å². The van der Waals surface area contributed by atoms with Crippen molar-refractivity contribution in [3.8, 4) is 5.75 Å². The number of nitrogens with one attached hydrogen (secondary N) is 1. The maximum absolute atomic E-state index is 11.8. The Morgan fingerprint density at radius 1 is 1.40 bits per heavy atom. The van der Waals surface area contributed by atoms with Crippen molar-refractivity contribution in [2.45, 2.75) is 6.43 Å². The van der Waals surface area contributed by atoms with Gasteiger partial charge in [-0.15, -0.1) is 0 Å². The van der Waals surface area contributed by atoms with Crippen molar-refractivity contribution < 1.29 is 13.5 Å². The maximum Gasteiger partial charge on any atom is 0.272 e. The normalized spacial score (nSPS) is 10.1. The first-order valence-corrected chi connectivity index (χ1v) is 4.56. The Labute approximate surface area is 91.2 Å². The molecule has 0 spiro atoms. The molecule has 0 aliphatic carbocycles. The molecule has 1 aromatic rings. The number of anilines is 1. The van der Waals surface area contributed by atoms with E-state index in [0.29, 0.717) is 11.4 Å². The molecule has 0 aromatic heterocycles. The summed E-state index contributed by atoms with van der Waals surface area (Å²) in [6.45, 7) is -0.609. The minimum Gasteiger partial charge on any atom is -0.488 e. The maximum atomic E-state index is 11.8. The number of hydrogen-bond acceptors (Lipinski definition) is 2. The van der Waals surface area contributed by atoms with Crippen LogP contribution in [-0.2, 0) is 0 Å². The van der Waals surface area contributed by atoms with E-state index in [1.807, 2.05) is 0 Å². The second kappa shape index (κ2) is 5.45. The molecule has 0 atom stereocenters. The van der Waals surface area contributed by atoms with Crippen molar-refractivity contribution in [3.05, 3.63) is 24.3 Å². The summed E-state index contributed by atoms with van der Waals surface area (Å²) < 4.78 is 28.4. The molecule has 0 radical (unpaired) electrons. The summed E-state index contributed by atoms with van der Waals surface area (Å²) in [7, 11) is 0. The van der Waals surface area contributed by atoms with Gasteiger partial charge in [0.1, 0.15) is 12.4 Å². The van der Waals surface area contributed by atoms with Gasteiger partial charge < -0.3 is 15.8 Å². The molecule has 0 aliphatic heterocycles. The van der Waals surface area contributed by atoms with Crippen molar-refractivity contribution in [2.24, 2.45) is 5.73 Å². The molecular weight excluding hydrogens is 222 g/mol. The van der Waals surface area contributed by atoms with Crippen molar-refractivity contribution in [2.75, 3.05) is 11.9 Å². The summed E-state index contributed by atoms with van der Waals surface area (Å²) in [6, 6.07) is 6.39. The second-order valence-electron chi connectivity index (χ2n) is 2.72. The third kappa shape index (κ3) is 4.55. The van der Waals surface area contributed by atoms with Crippen LogP contribution < -0.4 is 15.8 Å². The highest BCUT2D eigenvalue weighted by Crippen LogP contribution is 2.15. The lowest BCUT2D eigenvalue weighted by Crippen LogP contribution is -2.18. The Kier molecular flexibility index (Phi) is 4.23. The lowest BCUT2D eigenvalue weighted by molar-refractivity contribution is 0.0819. The van der Waals surface area contributed by atoms with E-state index < -0.39 is 13.0 Å². The lowest BCUT2D eigenvalue weighted by Gasteiger charge is -2.07. The number of benzene rings is 1. The molecule has 0 aliphatic rings. The van der Waals surface area contributed by atoms with Crippen LogP contribution in [-0.4, -0.2) is 18.1 Å². The van der Waals surface area contributed by atoms with Crippen LogP contribution in [0.2, 0.25) is 0 Å². The highest BCUT2D eigenvalue weighted by atomic mass is 32.1. The van der Waals surface area contributed by atoms with Crippen molar-refractivity contribution >= 4 is 23.0 Å². The van der Waals surface area contributed by atoms with Crippen LogP contribution in [0.4, 0.5) is 14.5 Å². The van der Waals surface area contributed by atoms with Gasteiger partial charge in [-0.3, -0.25) is 0 Å². The summed E-state index contributed by atoms with van der Waals surface area (Å²) in [4.78, 5) is 0. The van der Waals surface area contributed by atoms with Gasteiger partial charge in [-0.25, -0.2) is 8.78 Å². The van der Waals surface area contributed by atoms with Crippen LogP contribution in [0, 0.1) is 0 Å². The molecule has 0 amide bonds. The smallest absolute Gasteiger partial charge is 0.272 e. The van der Waals surface area contributed by atoms with E-state index >= 15 is 0 Å². The van der Waals surface area contributed by atoms with Gasteiger partial charge in [0, 0.05) is 5.69 Å². The van der Waals surface area contributed by atoms with E-state index in [9.17, 15) is 8.78 Å². The van der Waals surface area contributed by atoms with E-state index in [1.54, 1.807) is 24.3 Å². The van der Waals surface area contributed by atoms with Gasteiger partial charge >= 0.3 is 0 Å². The number of halogens is 2. The number of hydrogen-bond donors (Lipinski definition) is 2. The zero-order chi connectivity index (χ0) is 11.3. The molecule has 1 rings (SSSR count). The molecule has 0 fully saturated rings. The largest absolute Gasteiger partial charge is 0.488 e. The minimum absolute atomic E-state index is 0.149. The quantitative estimate of drug-likeness (QED) is 0.779. The Balaban J connectivity index is 2.52. The predicted octanol–water partition coefficient (Wildman–Crippen LogP) is 1.99. The van der Waals surface area contributed by atoms with Gasteiger partial charge in [0.05, 0.1) is 0 Å². The number of ether oxygens (including phenoxy) is 1. The lowest BCUT2D eigenvalue weighted by atomic mass is 10.3. The van der Waals surface area contributed by atoms with E-state index in [2.05, 4.69) is 17.5 Å². The Morgan fingerprint density at radius 2 is 2.00 bits per heavy atom. The predicted molar refractivity (Wildman–Crippen MR) is 58.3 cm³/mol. The molecule has 82 valence electrons. The van der Waals surface area contributed by atoms with Gasteiger partial charge in [-0.2, -0.15) is 0 Å². The summed E-state index contributed by atoms with van der Waals surface area (Å²) in [6.07, 6.45) is -2.47. The average molecular weight is 232 g/mol. The second-order valence-corrected chi connectivity index (χ2v) is 3.16. The fourth-order valence-electron chi connectivity index (χ4n) is 0.936. The van der Waals surface area contributed by atoms with Crippen molar-refractivity contribution in [1.29, 1.82) is 0 Å². The summed E-state index contributed by atoms with van der Waals surface area (Å²) in [5.74, 6) is 0.379. The standard InChI is InChI=1S/C9H10F2N2OS/c10-8(11)5-14-7-3-1-6(2-4-7)13-9(12)15/h1-4,8H,5H2,(H3,12,13,15). The molecule has 0 bridgehead atoms. The SMILES string of the molecule is NC(=S)Nc1ccc(OCC(F)F)cc1. The van der Waals surface area contributed by atoms with Crippen LogP contribution in [0.5, 0.6) is 5.75 Å². The molecule has 0 heterocycles.